The van der Waals surface area contributed by atoms with Crippen molar-refractivity contribution in [2.75, 3.05) is 19.7 Å². The zero-order chi connectivity index (χ0) is 25.0. The minimum Gasteiger partial charge on any atom is -0.449 e. The highest BCUT2D eigenvalue weighted by molar-refractivity contribution is 6.01. The number of fused-ring (bicyclic) bond motifs is 3. The zero-order valence-electron chi connectivity index (χ0n) is 20.3. The Labute approximate surface area is 205 Å². The molecule has 35 heavy (non-hydrogen) atoms. The summed E-state index contributed by atoms with van der Waals surface area (Å²) in [6, 6.07) is 23.6. The van der Waals surface area contributed by atoms with Crippen LogP contribution in [0.1, 0.15) is 53.7 Å². The third-order valence-corrected chi connectivity index (χ3v) is 6.22. The van der Waals surface area contributed by atoms with Gasteiger partial charge >= 0.3 is 6.09 Å². The van der Waals surface area contributed by atoms with Crippen molar-refractivity contribution in [3.05, 3.63) is 95.1 Å². The molecule has 1 aliphatic carbocycles. The number of Topliss-reactive ketones (excluding diaryl/α,β-unsaturated/α-hetero) is 1. The van der Waals surface area contributed by atoms with E-state index in [9.17, 15) is 14.4 Å². The van der Waals surface area contributed by atoms with Crippen molar-refractivity contribution in [2.45, 2.75) is 32.1 Å². The van der Waals surface area contributed by atoms with Crippen LogP contribution < -0.4 is 10.6 Å². The van der Waals surface area contributed by atoms with Crippen molar-refractivity contribution >= 4 is 17.8 Å². The SMILES string of the molecule is CC(C)(C)c1ccccc1C(=O)CNC(=O)CNC(=O)OCC1c2ccccc2-c2ccccc21. The molecule has 0 fully saturated rings. The van der Waals surface area contributed by atoms with Crippen LogP contribution >= 0.6 is 0 Å². The van der Waals surface area contributed by atoms with Crippen LogP contribution in [0, 0.1) is 0 Å². The molecule has 0 atom stereocenters. The lowest BCUT2D eigenvalue weighted by Gasteiger charge is -2.22. The Morgan fingerprint density at radius 3 is 1.97 bits per heavy atom. The molecule has 0 aromatic heterocycles. The second-order valence-electron chi connectivity index (χ2n) is 9.67. The Morgan fingerprint density at radius 1 is 0.771 bits per heavy atom. The summed E-state index contributed by atoms with van der Waals surface area (Å²) >= 11 is 0. The molecule has 3 aromatic carbocycles. The number of ether oxygens (including phenoxy) is 1. The average Bonchev–Trinajstić information content (AvgIpc) is 3.18. The third-order valence-electron chi connectivity index (χ3n) is 6.22. The van der Waals surface area contributed by atoms with Gasteiger partial charge in [-0.2, -0.15) is 0 Å². The topological polar surface area (TPSA) is 84.5 Å². The lowest BCUT2D eigenvalue weighted by Crippen LogP contribution is -2.39. The molecule has 0 bridgehead atoms. The second-order valence-corrected chi connectivity index (χ2v) is 9.67. The first-order chi connectivity index (χ1) is 16.8. The predicted molar refractivity (Wildman–Crippen MR) is 136 cm³/mol. The summed E-state index contributed by atoms with van der Waals surface area (Å²) in [4.78, 5) is 37.2. The van der Waals surface area contributed by atoms with Gasteiger partial charge in [-0.3, -0.25) is 9.59 Å². The fraction of sp³-hybridized carbons (Fsp3) is 0.276. The fourth-order valence-corrected chi connectivity index (χ4v) is 4.52. The van der Waals surface area contributed by atoms with E-state index in [-0.39, 0.29) is 36.8 Å². The minimum atomic E-state index is -0.675. The summed E-state index contributed by atoms with van der Waals surface area (Å²) in [7, 11) is 0. The monoisotopic (exact) mass is 470 g/mol. The fourth-order valence-electron chi connectivity index (χ4n) is 4.52. The Bertz CT molecular complexity index is 1210. The van der Waals surface area contributed by atoms with Crippen molar-refractivity contribution in [3.8, 4) is 11.1 Å². The van der Waals surface area contributed by atoms with E-state index >= 15 is 0 Å². The van der Waals surface area contributed by atoms with Crippen LogP contribution in [0.25, 0.3) is 11.1 Å². The molecule has 0 saturated carbocycles. The van der Waals surface area contributed by atoms with Crippen LogP contribution in [-0.2, 0) is 14.9 Å². The van der Waals surface area contributed by atoms with E-state index in [0.29, 0.717) is 5.56 Å². The lowest BCUT2D eigenvalue weighted by molar-refractivity contribution is -0.120. The molecule has 0 heterocycles. The van der Waals surface area contributed by atoms with Crippen LogP contribution in [0.4, 0.5) is 4.79 Å². The van der Waals surface area contributed by atoms with E-state index in [1.165, 1.54) is 0 Å². The van der Waals surface area contributed by atoms with Crippen LogP contribution in [0.5, 0.6) is 0 Å². The van der Waals surface area contributed by atoms with Gasteiger partial charge in [0.05, 0.1) is 6.54 Å². The lowest BCUT2D eigenvalue weighted by atomic mass is 9.82. The van der Waals surface area contributed by atoms with Crippen LogP contribution in [0.2, 0.25) is 0 Å². The van der Waals surface area contributed by atoms with E-state index < -0.39 is 12.0 Å². The molecular formula is C29H30N2O4. The molecule has 6 heteroatoms. The van der Waals surface area contributed by atoms with Crippen LogP contribution in [0.3, 0.4) is 0 Å². The molecule has 0 aliphatic heterocycles. The quantitative estimate of drug-likeness (QED) is 0.485. The maximum Gasteiger partial charge on any atom is 0.407 e. The largest absolute Gasteiger partial charge is 0.449 e. The maximum atomic E-state index is 12.7. The van der Waals surface area contributed by atoms with E-state index in [2.05, 4.69) is 22.8 Å². The highest BCUT2D eigenvalue weighted by atomic mass is 16.5. The normalized spacial score (nSPS) is 12.4. The number of nitrogens with one attached hydrogen (secondary N) is 2. The number of hydrogen-bond donors (Lipinski definition) is 2. The summed E-state index contributed by atoms with van der Waals surface area (Å²) in [5, 5.41) is 5.05. The molecule has 0 radical (unpaired) electrons. The third kappa shape index (κ3) is 5.43. The summed E-state index contributed by atoms with van der Waals surface area (Å²) in [5.74, 6) is -0.687. The molecule has 2 N–H and O–H groups in total. The molecule has 0 unspecified atom stereocenters. The standard InChI is InChI=1S/C29H30N2O4/c1-29(2,3)25-15-9-8-14-23(25)26(32)16-30-27(33)17-31-28(34)35-18-24-21-12-6-4-10-19(21)20-11-5-7-13-22(20)24/h4-15,24H,16-18H2,1-3H3,(H,30,33)(H,31,34). The smallest absolute Gasteiger partial charge is 0.407 e. The highest BCUT2D eigenvalue weighted by Crippen LogP contribution is 2.44. The van der Waals surface area contributed by atoms with Crippen molar-refractivity contribution in [1.29, 1.82) is 0 Å². The number of rotatable bonds is 7. The van der Waals surface area contributed by atoms with Crippen LogP contribution in [0.15, 0.2) is 72.8 Å². The Morgan fingerprint density at radius 2 is 1.34 bits per heavy atom. The molecule has 2 amide bonds. The molecule has 180 valence electrons. The molecule has 0 saturated heterocycles. The van der Waals surface area contributed by atoms with E-state index in [4.69, 9.17) is 4.74 Å². The summed E-state index contributed by atoms with van der Waals surface area (Å²) in [6.45, 7) is 5.87. The van der Waals surface area contributed by atoms with Crippen molar-refractivity contribution < 1.29 is 19.1 Å². The number of carbonyl (C=O) groups excluding carboxylic acids is 3. The van der Waals surface area contributed by atoms with Gasteiger partial charge < -0.3 is 15.4 Å². The van der Waals surface area contributed by atoms with Gasteiger partial charge in [0, 0.05) is 11.5 Å². The molecule has 1 aliphatic rings. The first kappa shape index (κ1) is 24.2. The number of hydrogen-bond acceptors (Lipinski definition) is 4. The van der Waals surface area contributed by atoms with Crippen molar-refractivity contribution in [2.24, 2.45) is 0 Å². The van der Waals surface area contributed by atoms with Crippen LogP contribution in [-0.4, -0.2) is 37.5 Å². The molecule has 4 rings (SSSR count). The number of carbonyl (C=O) groups is 3. The number of ketones is 1. The Hall–Kier alpha value is -3.93. The zero-order valence-corrected chi connectivity index (χ0v) is 20.3. The molecular weight excluding hydrogens is 440 g/mol. The first-order valence-electron chi connectivity index (χ1n) is 11.7. The summed E-state index contributed by atoms with van der Waals surface area (Å²) < 4.78 is 5.44. The minimum absolute atomic E-state index is 0.0533. The van der Waals surface area contributed by atoms with Gasteiger partial charge in [-0.05, 0) is 33.2 Å². The van der Waals surface area contributed by atoms with Gasteiger partial charge in [-0.1, -0.05) is 93.6 Å². The number of alkyl carbamates (subject to hydrolysis) is 1. The second kappa shape index (κ2) is 10.1. The van der Waals surface area contributed by atoms with Gasteiger partial charge in [0.2, 0.25) is 5.91 Å². The highest BCUT2D eigenvalue weighted by Gasteiger charge is 2.29. The van der Waals surface area contributed by atoms with Gasteiger partial charge in [0.15, 0.2) is 5.78 Å². The van der Waals surface area contributed by atoms with E-state index in [1.54, 1.807) is 6.07 Å². The van der Waals surface area contributed by atoms with Gasteiger partial charge in [-0.25, -0.2) is 4.79 Å². The Balaban J connectivity index is 1.27. The van der Waals surface area contributed by atoms with Crippen molar-refractivity contribution in [3.63, 3.8) is 0 Å². The summed E-state index contributed by atoms with van der Waals surface area (Å²) in [6.07, 6.45) is -0.675. The molecule has 6 nitrogen and oxygen atoms in total. The molecule has 0 spiro atoms. The summed E-state index contributed by atoms with van der Waals surface area (Å²) in [5.41, 5.74) is 5.85. The van der Waals surface area contributed by atoms with Gasteiger partial charge in [0.1, 0.15) is 13.2 Å². The number of benzene rings is 3. The van der Waals surface area contributed by atoms with Crippen molar-refractivity contribution in [1.82, 2.24) is 10.6 Å². The maximum absolute atomic E-state index is 12.7. The average molecular weight is 471 g/mol. The van der Waals surface area contributed by atoms with E-state index in [0.717, 1.165) is 27.8 Å². The van der Waals surface area contributed by atoms with Gasteiger partial charge in [-0.15, -0.1) is 0 Å². The van der Waals surface area contributed by atoms with Gasteiger partial charge in [0.25, 0.3) is 0 Å². The first-order valence-corrected chi connectivity index (χ1v) is 11.7. The Kier molecular flexibility index (Phi) is 7.01. The molecule has 3 aromatic rings. The predicted octanol–water partition coefficient (Wildman–Crippen LogP) is 4.82. The van der Waals surface area contributed by atoms with E-state index in [1.807, 2.05) is 75.4 Å². The number of amides is 2.